The summed E-state index contributed by atoms with van der Waals surface area (Å²) in [4.78, 5) is 40.4. The third-order valence-electron chi connectivity index (χ3n) is 5.34. The second-order valence-corrected chi connectivity index (χ2v) is 11.2. The Morgan fingerprint density at radius 3 is 2.49 bits per heavy atom. The normalized spacial score (nSPS) is 15.0. The van der Waals surface area contributed by atoms with Gasteiger partial charge in [0.25, 0.3) is 5.91 Å². The van der Waals surface area contributed by atoms with Gasteiger partial charge in [-0.05, 0) is 76.1 Å². The van der Waals surface area contributed by atoms with E-state index < -0.39 is 29.4 Å². The van der Waals surface area contributed by atoms with E-state index in [2.05, 4.69) is 22.6 Å². The number of benzene rings is 1. The second kappa shape index (κ2) is 12.0. The summed E-state index contributed by atoms with van der Waals surface area (Å²) in [5.41, 5.74) is 2.46. The molecule has 2 heterocycles. The fourth-order valence-electron chi connectivity index (χ4n) is 3.62. The van der Waals surface area contributed by atoms with Crippen LogP contribution in [0.2, 0.25) is 4.34 Å². The molecule has 1 aromatic carbocycles. The molecule has 190 valence electrons. The number of nitrogens with zero attached hydrogens (tertiary/aromatic N) is 1. The Bertz CT molecular complexity index is 1070. The van der Waals surface area contributed by atoms with Gasteiger partial charge in [0.1, 0.15) is 18.2 Å². The first-order valence-corrected chi connectivity index (χ1v) is 12.7. The third-order valence-corrected chi connectivity index (χ3v) is 6.57. The van der Waals surface area contributed by atoms with Gasteiger partial charge < -0.3 is 25.0 Å². The maximum Gasteiger partial charge on any atom is 0.332 e. The fraction of sp³-hybridized carbons (Fsp3) is 0.480. The zero-order chi connectivity index (χ0) is 25.6. The minimum atomic E-state index is -1.03. The molecule has 1 aliphatic heterocycles. The van der Waals surface area contributed by atoms with Crippen LogP contribution in [0.3, 0.4) is 0 Å². The molecule has 0 spiro atoms. The summed E-state index contributed by atoms with van der Waals surface area (Å²) in [6, 6.07) is 8.04. The lowest BCUT2D eigenvalue weighted by atomic mass is 10.0. The Morgan fingerprint density at radius 1 is 1.11 bits per heavy atom. The van der Waals surface area contributed by atoms with Crippen molar-refractivity contribution < 1.29 is 23.9 Å². The quantitative estimate of drug-likeness (QED) is 0.516. The van der Waals surface area contributed by atoms with Gasteiger partial charge in [-0.1, -0.05) is 17.7 Å². The van der Waals surface area contributed by atoms with Crippen LogP contribution in [0.4, 0.5) is 5.69 Å². The number of carbonyl (C=O) groups excluding carboxylic acids is 3. The maximum atomic E-state index is 13.1. The number of hydrogen-bond acceptors (Lipinski definition) is 7. The zero-order valence-corrected chi connectivity index (χ0v) is 22.1. The van der Waals surface area contributed by atoms with E-state index in [1.807, 2.05) is 18.2 Å². The minimum Gasteiger partial charge on any atom is -0.458 e. The highest BCUT2D eigenvalue weighted by Gasteiger charge is 2.24. The van der Waals surface area contributed by atoms with Crippen LogP contribution in [0, 0.1) is 0 Å². The van der Waals surface area contributed by atoms with Crippen molar-refractivity contribution in [2.75, 3.05) is 38.7 Å². The molecule has 10 heteroatoms. The molecule has 8 nitrogen and oxygen atoms in total. The van der Waals surface area contributed by atoms with Crippen LogP contribution in [0.1, 0.15) is 41.6 Å². The average Bonchev–Trinajstić information content (AvgIpc) is 3.12. The van der Waals surface area contributed by atoms with E-state index >= 15 is 0 Å². The molecule has 0 bridgehead atoms. The monoisotopic (exact) mass is 521 g/mol. The van der Waals surface area contributed by atoms with E-state index in [-0.39, 0.29) is 13.2 Å². The Labute approximate surface area is 214 Å². The van der Waals surface area contributed by atoms with Gasteiger partial charge >= 0.3 is 5.97 Å². The van der Waals surface area contributed by atoms with Crippen molar-refractivity contribution in [3.63, 3.8) is 0 Å². The highest BCUT2D eigenvalue weighted by Crippen LogP contribution is 2.22. The molecule has 0 saturated carbocycles. The molecule has 2 aromatic rings. The first kappa shape index (κ1) is 27.1. The van der Waals surface area contributed by atoms with Crippen LogP contribution in [0.25, 0.3) is 0 Å². The number of amides is 2. The molecule has 0 saturated heterocycles. The van der Waals surface area contributed by atoms with Gasteiger partial charge in [0.15, 0.2) is 0 Å². The molecule has 3 rings (SSSR count). The van der Waals surface area contributed by atoms with Crippen molar-refractivity contribution in [3.05, 3.63) is 50.7 Å². The number of thiophene rings is 1. The summed E-state index contributed by atoms with van der Waals surface area (Å²) >= 11 is 7.05. The molecular weight excluding hydrogens is 490 g/mol. The van der Waals surface area contributed by atoms with Gasteiger partial charge in [-0.3, -0.25) is 9.59 Å². The van der Waals surface area contributed by atoms with Gasteiger partial charge in [0.2, 0.25) is 5.91 Å². The zero-order valence-electron chi connectivity index (χ0n) is 20.5. The molecule has 1 atom stereocenters. The van der Waals surface area contributed by atoms with E-state index in [1.54, 1.807) is 32.9 Å². The molecule has 1 aromatic heterocycles. The number of hydrogen-bond donors (Lipinski definition) is 2. The molecular formula is C25H32ClN3O5S. The van der Waals surface area contributed by atoms with Crippen LogP contribution >= 0.6 is 22.9 Å². The van der Waals surface area contributed by atoms with Crippen LogP contribution in [0.15, 0.2) is 30.3 Å². The fourth-order valence-corrected chi connectivity index (χ4v) is 4.57. The van der Waals surface area contributed by atoms with Crippen molar-refractivity contribution in [2.24, 2.45) is 0 Å². The van der Waals surface area contributed by atoms with Crippen LogP contribution < -0.4 is 10.6 Å². The van der Waals surface area contributed by atoms with Gasteiger partial charge in [0.05, 0.1) is 15.8 Å². The molecule has 2 amide bonds. The number of esters is 1. The number of fused-ring (bicyclic) bond motifs is 1. The van der Waals surface area contributed by atoms with Crippen molar-refractivity contribution in [1.29, 1.82) is 0 Å². The molecule has 0 radical (unpaired) electrons. The molecule has 35 heavy (non-hydrogen) atoms. The van der Waals surface area contributed by atoms with E-state index in [9.17, 15) is 14.4 Å². The lowest BCUT2D eigenvalue weighted by Gasteiger charge is -2.21. The van der Waals surface area contributed by atoms with Crippen molar-refractivity contribution in [1.82, 2.24) is 10.2 Å². The summed E-state index contributed by atoms with van der Waals surface area (Å²) in [6.45, 7) is 6.67. The van der Waals surface area contributed by atoms with E-state index in [4.69, 9.17) is 21.1 Å². The van der Waals surface area contributed by atoms with Gasteiger partial charge in [-0.2, -0.15) is 0 Å². The number of rotatable bonds is 8. The maximum absolute atomic E-state index is 13.1. The van der Waals surface area contributed by atoms with Crippen molar-refractivity contribution in [2.45, 2.75) is 45.3 Å². The number of halogens is 1. The number of carbonyl (C=O) groups is 3. The average molecular weight is 522 g/mol. The van der Waals surface area contributed by atoms with E-state index in [1.165, 1.54) is 11.1 Å². The third kappa shape index (κ3) is 8.61. The number of nitrogens with one attached hydrogen (secondary N) is 2. The Morgan fingerprint density at radius 2 is 1.83 bits per heavy atom. The van der Waals surface area contributed by atoms with Crippen LogP contribution in [-0.2, 0) is 31.9 Å². The number of likely N-dealkylation sites (N-methyl/N-ethyl adjacent to an activating group) is 1. The second-order valence-electron chi connectivity index (χ2n) is 9.51. The summed E-state index contributed by atoms with van der Waals surface area (Å²) < 4.78 is 11.1. The topological polar surface area (TPSA) is 97.0 Å². The Kier molecular flexibility index (Phi) is 9.29. The Balaban J connectivity index is 1.68. The summed E-state index contributed by atoms with van der Waals surface area (Å²) in [7, 11) is 2.10. The summed E-state index contributed by atoms with van der Waals surface area (Å²) in [5.74, 6) is -1.45. The largest absolute Gasteiger partial charge is 0.458 e. The standard InChI is InChI=1S/C25H32ClN3O5S/c1-25(2,3)34-22(30)15-33-14-19(28-24(32)20-7-8-21(26)35-20)23(31)27-18-6-5-16-9-11-29(4)12-10-17(16)13-18/h5-8,13,19H,9-12,14-15H2,1-4H3,(H,27,31)(H,28,32). The van der Waals surface area contributed by atoms with E-state index in [0.717, 1.165) is 37.3 Å². The smallest absolute Gasteiger partial charge is 0.332 e. The highest BCUT2D eigenvalue weighted by molar-refractivity contribution is 7.18. The molecule has 1 unspecified atom stereocenters. The molecule has 2 N–H and O–H groups in total. The molecule has 1 aliphatic rings. The summed E-state index contributed by atoms with van der Waals surface area (Å²) in [6.07, 6.45) is 1.86. The predicted molar refractivity (Wildman–Crippen MR) is 137 cm³/mol. The lowest BCUT2D eigenvalue weighted by molar-refractivity contribution is -0.160. The highest BCUT2D eigenvalue weighted by atomic mass is 35.5. The Hall–Kier alpha value is -2.46. The minimum absolute atomic E-state index is 0.203. The molecule has 0 fully saturated rings. The SMILES string of the molecule is CN1CCc2ccc(NC(=O)C(COCC(=O)OC(C)(C)C)NC(=O)c3ccc(Cl)s3)cc2CC1. The van der Waals surface area contributed by atoms with E-state index in [0.29, 0.717) is 14.9 Å². The van der Waals surface area contributed by atoms with Crippen LogP contribution in [-0.4, -0.2) is 67.7 Å². The van der Waals surface area contributed by atoms with Crippen molar-refractivity contribution in [3.8, 4) is 0 Å². The first-order chi connectivity index (χ1) is 16.5. The first-order valence-electron chi connectivity index (χ1n) is 11.5. The van der Waals surface area contributed by atoms with Crippen LogP contribution in [0.5, 0.6) is 0 Å². The van der Waals surface area contributed by atoms with Crippen molar-refractivity contribution >= 4 is 46.4 Å². The van der Waals surface area contributed by atoms with Gasteiger partial charge in [-0.15, -0.1) is 11.3 Å². The predicted octanol–water partition coefficient (Wildman–Crippen LogP) is 3.53. The number of anilines is 1. The number of ether oxygens (including phenoxy) is 2. The lowest BCUT2D eigenvalue weighted by Crippen LogP contribution is -2.47. The summed E-state index contributed by atoms with van der Waals surface area (Å²) in [5, 5.41) is 5.56. The van der Waals surface area contributed by atoms with Gasteiger partial charge in [-0.25, -0.2) is 4.79 Å². The molecule has 0 aliphatic carbocycles. The van der Waals surface area contributed by atoms with Gasteiger partial charge in [0, 0.05) is 18.8 Å².